The number of aromatic hydroxyl groups is 1. The van der Waals surface area contributed by atoms with E-state index in [1.807, 2.05) is 103 Å². The zero-order chi connectivity index (χ0) is 49.9. The molecule has 0 aliphatic carbocycles. The molecule has 2 heterocycles. The van der Waals surface area contributed by atoms with Crippen LogP contribution in [0.15, 0.2) is 206 Å². The largest absolute Gasteiger partial charge is 0.507 e. The molecular weight excluding hydrogens is 803 g/mol. The molecule has 0 saturated heterocycles. The van der Waals surface area contributed by atoms with Crippen LogP contribution in [0.1, 0.15) is 59.5 Å². The van der Waals surface area contributed by atoms with Crippen molar-refractivity contribution in [2.75, 3.05) is 0 Å². The Labute approximate surface area is 395 Å². The number of benzene rings is 8. The van der Waals surface area contributed by atoms with E-state index in [1.165, 1.54) is 0 Å². The predicted molar refractivity (Wildman–Crippen MR) is 276 cm³/mol. The first-order valence-corrected chi connectivity index (χ1v) is 22.4. The van der Waals surface area contributed by atoms with Gasteiger partial charge in [-0.05, 0) is 115 Å². The van der Waals surface area contributed by atoms with Gasteiger partial charge < -0.3 is 5.11 Å². The van der Waals surface area contributed by atoms with Crippen LogP contribution in [0.2, 0.25) is 0 Å². The average molecular weight is 861 g/mol. The summed E-state index contributed by atoms with van der Waals surface area (Å²) in [6.45, 7) is 12.8. The molecule has 0 radical (unpaired) electrons. The molecule has 0 amide bonds. The Morgan fingerprint density at radius 1 is 0.470 bits per heavy atom. The lowest BCUT2D eigenvalue weighted by atomic mass is 9.79. The minimum atomic E-state index is -0.445. The van der Waals surface area contributed by atoms with Crippen molar-refractivity contribution >= 4 is 11.0 Å². The highest BCUT2D eigenvalue weighted by Gasteiger charge is 2.29. The lowest BCUT2D eigenvalue weighted by Gasteiger charge is -2.27. The second-order valence-electron chi connectivity index (χ2n) is 18.9. The summed E-state index contributed by atoms with van der Waals surface area (Å²) in [5.41, 5.74) is 13.9. The number of phenolic OH excluding ortho intramolecular Hbond substituents is 1. The standard InChI is InChI=1S/C62H53N3O/c1-61(2,3)50-39-53(59(66)54(40-50)62(4,5)6)60-64-58-51(28-19-29-57(58)65(60)56-31-30-45(41-20-11-7-12-21-41)37-52(56)44-26-17-10-18-27-44)48-34-47(43-24-15-9-16-25-43)35-49(36-48)55-38-46(32-33-63-55)42-22-13-8-14-23-42/h7-40,66H,1-6H3/i7D,11D,12D,20D,21D. The Balaban J connectivity index is 1.30. The van der Waals surface area contributed by atoms with Crippen LogP contribution in [0.3, 0.4) is 0 Å². The molecule has 322 valence electrons. The Hall–Kier alpha value is -7.82. The summed E-state index contributed by atoms with van der Waals surface area (Å²) in [6, 6.07) is 55.4. The second-order valence-corrected chi connectivity index (χ2v) is 18.9. The van der Waals surface area contributed by atoms with Crippen LogP contribution in [-0.4, -0.2) is 19.6 Å². The van der Waals surface area contributed by atoms with E-state index >= 15 is 0 Å². The minimum Gasteiger partial charge on any atom is -0.507 e. The van der Waals surface area contributed by atoms with Gasteiger partial charge in [0.05, 0.1) is 34.8 Å². The van der Waals surface area contributed by atoms with E-state index < -0.39 is 23.5 Å². The molecule has 0 spiro atoms. The third-order valence-electron chi connectivity index (χ3n) is 12.3. The molecule has 10 aromatic rings. The maximum Gasteiger partial charge on any atom is 0.149 e. The fraction of sp³-hybridized carbons (Fsp3) is 0.129. The van der Waals surface area contributed by atoms with Gasteiger partial charge in [-0.25, -0.2) is 4.98 Å². The van der Waals surface area contributed by atoms with Crippen LogP contribution in [-0.2, 0) is 10.8 Å². The summed E-state index contributed by atoms with van der Waals surface area (Å²) in [5.74, 6) is 0.657. The van der Waals surface area contributed by atoms with Crippen molar-refractivity contribution in [1.82, 2.24) is 14.5 Å². The second kappa shape index (κ2) is 17.0. The molecule has 10 rings (SSSR count). The molecule has 0 atom stereocenters. The molecule has 4 nitrogen and oxygen atoms in total. The van der Waals surface area contributed by atoms with Gasteiger partial charge in [0.15, 0.2) is 0 Å². The molecule has 0 aliphatic rings. The number of rotatable bonds is 8. The third kappa shape index (κ3) is 8.12. The van der Waals surface area contributed by atoms with Crippen molar-refractivity contribution in [3.05, 3.63) is 217 Å². The van der Waals surface area contributed by atoms with Crippen LogP contribution in [0, 0.1) is 0 Å². The predicted octanol–water partition coefficient (Wildman–Crippen LogP) is 16.4. The summed E-state index contributed by atoms with van der Waals surface area (Å²) in [4.78, 5) is 10.6. The molecule has 66 heavy (non-hydrogen) atoms. The van der Waals surface area contributed by atoms with Gasteiger partial charge in [0.2, 0.25) is 0 Å². The highest BCUT2D eigenvalue weighted by Crippen LogP contribution is 2.46. The van der Waals surface area contributed by atoms with Gasteiger partial charge >= 0.3 is 0 Å². The summed E-state index contributed by atoms with van der Waals surface area (Å²) in [6.07, 6.45) is 1.86. The molecule has 8 aromatic carbocycles. The van der Waals surface area contributed by atoms with E-state index in [4.69, 9.17) is 16.8 Å². The van der Waals surface area contributed by atoms with Crippen LogP contribution in [0.5, 0.6) is 5.75 Å². The number of imidazole rings is 1. The topological polar surface area (TPSA) is 50.9 Å². The molecule has 0 bridgehead atoms. The van der Waals surface area contributed by atoms with Gasteiger partial charge in [-0.15, -0.1) is 0 Å². The van der Waals surface area contributed by atoms with Crippen LogP contribution in [0.25, 0.3) is 95.0 Å². The van der Waals surface area contributed by atoms with E-state index in [1.54, 1.807) is 0 Å². The third-order valence-corrected chi connectivity index (χ3v) is 12.3. The number of hydrogen-bond acceptors (Lipinski definition) is 3. The van der Waals surface area contributed by atoms with Crippen LogP contribution in [0.4, 0.5) is 0 Å². The van der Waals surface area contributed by atoms with Gasteiger partial charge in [-0.2, -0.15) is 0 Å². The van der Waals surface area contributed by atoms with Crippen molar-refractivity contribution in [2.45, 2.75) is 52.4 Å². The van der Waals surface area contributed by atoms with E-state index in [9.17, 15) is 5.11 Å². The lowest BCUT2D eigenvalue weighted by molar-refractivity contribution is 0.446. The van der Waals surface area contributed by atoms with E-state index in [0.29, 0.717) is 22.5 Å². The molecule has 2 aromatic heterocycles. The van der Waals surface area contributed by atoms with E-state index in [-0.39, 0.29) is 28.8 Å². The Kier molecular flexibility index (Phi) is 9.38. The number of pyridine rings is 1. The maximum atomic E-state index is 12.6. The highest BCUT2D eigenvalue weighted by atomic mass is 16.3. The van der Waals surface area contributed by atoms with Gasteiger partial charge in [0, 0.05) is 28.5 Å². The van der Waals surface area contributed by atoms with Crippen molar-refractivity contribution < 1.29 is 12.0 Å². The average Bonchev–Trinajstić information content (AvgIpc) is 3.77. The normalized spacial score (nSPS) is 12.9. The van der Waals surface area contributed by atoms with Gasteiger partial charge in [-0.3, -0.25) is 9.55 Å². The number of para-hydroxylation sites is 1. The summed E-state index contributed by atoms with van der Waals surface area (Å²) in [7, 11) is 0. The van der Waals surface area contributed by atoms with Crippen molar-refractivity contribution in [2.24, 2.45) is 0 Å². The fourth-order valence-corrected chi connectivity index (χ4v) is 8.82. The number of aromatic nitrogens is 3. The number of phenols is 1. The zero-order valence-electron chi connectivity index (χ0n) is 43.0. The SMILES string of the molecule is [2H]c1c([2H])c([2H])c(-c2ccc(-n3c(-c4cc(C(C)(C)C)cc(C(C)(C)C)c4O)nc4c(-c5cc(-c6ccccc6)cc(-c6cc(-c7ccccc7)ccn6)c5)cccc43)c(-c3ccccc3)c2)c([2H])c1[2H]. The lowest BCUT2D eigenvalue weighted by Crippen LogP contribution is -2.17. The van der Waals surface area contributed by atoms with Crippen molar-refractivity contribution in [3.63, 3.8) is 0 Å². The van der Waals surface area contributed by atoms with Gasteiger partial charge in [0.1, 0.15) is 11.6 Å². The molecule has 0 saturated carbocycles. The first kappa shape index (κ1) is 36.5. The van der Waals surface area contributed by atoms with E-state index in [0.717, 1.165) is 78.1 Å². The highest BCUT2D eigenvalue weighted by molar-refractivity contribution is 5.99. The van der Waals surface area contributed by atoms with Crippen molar-refractivity contribution in [3.8, 4) is 89.7 Å². The first-order chi connectivity index (χ1) is 34.0. The Morgan fingerprint density at radius 3 is 1.76 bits per heavy atom. The molecular formula is C62H53N3O. The zero-order valence-corrected chi connectivity index (χ0v) is 38.0. The molecule has 1 N–H and O–H groups in total. The molecule has 0 unspecified atom stereocenters. The maximum absolute atomic E-state index is 12.6. The first-order valence-electron chi connectivity index (χ1n) is 24.9. The van der Waals surface area contributed by atoms with Gasteiger partial charge in [-0.1, -0.05) is 187 Å². The molecule has 4 heteroatoms. The fourth-order valence-electron chi connectivity index (χ4n) is 8.82. The number of hydrogen-bond donors (Lipinski definition) is 1. The number of nitrogens with zero attached hydrogens (tertiary/aromatic N) is 3. The van der Waals surface area contributed by atoms with Gasteiger partial charge in [0.25, 0.3) is 0 Å². The van der Waals surface area contributed by atoms with E-state index in [2.05, 4.69) is 119 Å². The molecule has 0 fully saturated rings. The minimum absolute atomic E-state index is 0.112. The quantitative estimate of drug-likeness (QED) is 0.166. The summed E-state index contributed by atoms with van der Waals surface area (Å²) >= 11 is 0. The van der Waals surface area contributed by atoms with Crippen LogP contribution < -0.4 is 0 Å². The number of fused-ring (bicyclic) bond motifs is 1. The summed E-state index contributed by atoms with van der Waals surface area (Å²) < 4.78 is 45.3. The smallest absolute Gasteiger partial charge is 0.149 e. The monoisotopic (exact) mass is 860 g/mol. The van der Waals surface area contributed by atoms with Crippen LogP contribution >= 0.6 is 0 Å². The van der Waals surface area contributed by atoms with Crippen molar-refractivity contribution in [1.29, 1.82) is 0 Å². The Bertz CT molecular complexity index is 3640. The Morgan fingerprint density at radius 2 is 1.09 bits per heavy atom. The molecule has 0 aliphatic heterocycles. The summed E-state index contributed by atoms with van der Waals surface area (Å²) in [5, 5.41) is 12.6.